The third-order valence-corrected chi connectivity index (χ3v) is 4.24. The summed E-state index contributed by atoms with van der Waals surface area (Å²) in [6.07, 6.45) is -2.97. The molecule has 0 unspecified atom stereocenters. The van der Waals surface area contributed by atoms with Gasteiger partial charge in [0.1, 0.15) is 12.4 Å². The van der Waals surface area contributed by atoms with E-state index in [0.29, 0.717) is 11.3 Å². The van der Waals surface area contributed by atoms with E-state index in [1.807, 2.05) is 30.3 Å². The van der Waals surface area contributed by atoms with Crippen LogP contribution >= 0.6 is 0 Å². The molecule has 0 aliphatic carbocycles. The number of halogens is 3. The lowest BCUT2D eigenvalue weighted by Crippen LogP contribution is -2.06. The molecule has 8 heteroatoms. The van der Waals surface area contributed by atoms with E-state index >= 15 is 0 Å². The summed E-state index contributed by atoms with van der Waals surface area (Å²) in [5, 5.41) is 12.2. The van der Waals surface area contributed by atoms with Crippen molar-refractivity contribution in [2.75, 3.05) is 6.61 Å². The molecule has 0 saturated heterocycles. The number of alkyl halides is 3. The third kappa shape index (κ3) is 6.33. The quantitative estimate of drug-likeness (QED) is 0.385. The van der Waals surface area contributed by atoms with Crippen molar-refractivity contribution in [3.63, 3.8) is 0 Å². The van der Waals surface area contributed by atoms with Crippen molar-refractivity contribution in [1.82, 2.24) is 0 Å². The number of nitrogens with zero attached hydrogens (tertiary/aromatic N) is 1. The van der Waals surface area contributed by atoms with Gasteiger partial charge in [0.15, 0.2) is 0 Å². The predicted octanol–water partition coefficient (Wildman–Crippen LogP) is 5.39. The molecule has 0 heterocycles. The second-order valence-corrected chi connectivity index (χ2v) is 6.50. The average Bonchev–Trinajstić information content (AvgIpc) is 2.75. The molecule has 0 radical (unpaired) electrons. The van der Waals surface area contributed by atoms with Gasteiger partial charge in [0.25, 0.3) is 0 Å². The Bertz CT molecular complexity index is 1060. The van der Waals surface area contributed by atoms with Crippen LogP contribution < -0.4 is 4.74 Å². The van der Waals surface area contributed by atoms with Crippen LogP contribution in [0.2, 0.25) is 0 Å². The summed E-state index contributed by atoms with van der Waals surface area (Å²) >= 11 is 0. The van der Waals surface area contributed by atoms with Crippen LogP contribution in [-0.2, 0) is 22.4 Å². The number of carboxylic acid groups (broad SMARTS) is 1. The SMILES string of the molecule is O=C(O)CON=Cc1ccccc1-c1ccc(OCc2cccc(C(F)(F)F)c2)cc1. The fourth-order valence-electron chi connectivity index (χ4n) is 2.79. The van der Waals surface area contributed by atoms with Crippen molar-refractivity contribution >= 4 is 12.2 Å². The number of aliphatic carboxylic acids is 1. The van der Waals surface area contributed by atoms with E-state index in [2.05, 4.69) is 5.16 Å². The summed E-state index contributed by atoms with van der Waals surface area (Å²) in [6, 6.07) is 19.4. The molecule has 1 N–H and O–H groups in total. The Hall–Kier alpha value is -3.81. The summed E-state index contributed by atoms with van der Waals surface area (Å²) in [4.78, 5) is 15.2. The standard InChI is InChI=1S/C23H18F3NO4/c24-23(25,26)19-6-3-4-16(12-19)14-30-20-10-8-17(9-11-20)21-7-2-1-5-18(21)13-27-31-15-22(28)29/h1-13H,14-15H2,(H,28,29). The van der Waals surface area contributed by atoms with Crippen LogP contribution in [0.4, 0.5) is 13.2 Å². The molecule has 0 saturated carbocycles. The van der Waals surface area contributed by atoms with Gasteiger partial charge in [-0.15, -0.1) is 0 Å². The maximum absolute atomic E-state index is 12.8. The summed E-state index contributed by atoms with van der Waals surface area (Å²) in [6.45, 7) is -0.524. The number of carbonyl (C=O) groups is 1. The number of rotatable bonds is 8. The zero-order valence-electron chi connectivity index (χ0n) is 16.2. The van der Waals surface area contributed by atoms with E-state index in [1.165, 1.54) is 12.3 Å². The molecule has 0 bridgehead atoms. The van der Waals surface area contributed by atoms with E-state index in [0.717, 1.165) is 28.8 Å². The first-order valence-electron chi connectivity index (χ1n) is 9.18. The Morgan fingerprint density at radius 3 is 2.45 bits per heavy atom. The molecule has 31 heavy (non-hydrogen) atoms. The highest BCUT2D eigenvalue weighted by atomic mass is 19.4. The van der Waals surface area contributed by atoms with Crippen molar-refractivity contribution in [3.8, 4) is 16.9 Å². The van der Waals surface area contributed by atoms with Gasteiger partial charge in [-0.05, 0) is 41.0 Å². The first-order chi connectivity index (χ1) is 14.8. The van der Waals surface area contributed by atoms with Crippen LogP contribution in [0, 0.1) is 0 Å². The van der Waals surface area contributed by atoms with Crippen LogP contribution in [0.1, 0.15) is 16.7 Å². The Morgan fingerprint density at radius 2 is 1.74 bits per heavy atom. The summed E-state index contributed by atoms with van der Waals surface area (Å²) in [5.41, 5.74) is 2.13. The van der Waals surface area contributed by atoms with Crippen molar-refractivity contribution in [2.24, 2.45) is 5.16 Å². The fourth-order valence-corrected chi connectivity index (χ4v) is 2.79. The highest BCUT2D eigenvalue weighted by Crippen LogP contribution is 2.30. The normalized spacial score (nSPS) is 11.5. The molecule has 3 aromatic rings. The van der Waals surface area contributed by atoms with Crippen molar-refractivity contribution in [2.45, 2.75) is 12.8 Å². The lowest BCUT2D eigenvalue weighted by molar-refractivity contribution is -0.142. The molecular formula is C23H18F3NO4. The Kier molecular flexibility index (Phi) is 6.92. The molecule has 0 fully saturated rings. The van der Waals surface area contributed by atoms with Crippen LogP contribution in [0.15, 0.2) is 78.0 Å². The molecule has 0 aliphatic heterocycles. The van der Waals surface area contributed by atoms with Gasteiger partial charge < -0.3 is 14.7 Å². The lowest BCUT2D eigenvalue weighted by Gasteiger charge is -2.11. The summed E-state index contributed by atoms with van der Waals surface area (Å²) in [7, 11) is 0. The highest BCUT2D eigenvalue weighted by molar-refractivity contribution is 5.90. The Labute approximate surface area is 176 Å². The van der Waals surface area contributed by atoms with Gasteiger partial charge in [-0.1, -0.05) is 53.7 Å². The number of carboxylic acids is 1. The number of ether oxygens (including phenoxy) is 1. The smallest absolute Gasteiger partial charge is 0.416 e. The Morgan fingerprint density at radius 1 is 1.00 bits per heavy atom. The minimum Gasteiger partial charge on any atom is -0.489 e. The minimum absolute atomic E-state index is 0.00737. The second-order valence-electron chi connectivity index (χ2n) is 6.50. The molecule has 0 atom stereocenters. The molecular weight excluding hydrogens is 411 g/mol. The molecule has 0 aromatic heterocycles. The molecule has 0 aliphatic rings. The van der Waals surface area contributed by atoms with E-state index < -0.39 is 24.3 Å². The van der Waals surface area contributed by atoms with Gasteiger partial charge in [-0.2, -0.15) is 13.2 Å². The highest BCUT2D eigenvalue weighted by Gasteiger charge is 2.30. The summed E-state index contributed by atoms with van der Waals surface area (Å²) in [5.74, 6) is -0.608. The van der Waals surface area contributed by atoms with Gasteiger partial charge in [-0.3, -0.25) is 0 Å². The predicted molar refractivity (Wildman–Crippen MR) is 109 cm³/mol. The first-order valence-corrected chi connectivity index (χ1v) is 9.18. The molecule has 5 nitrogen and oxygen atoms in total. The van der Waals surface area contributed by atoms with Crippen molar-refractivity contribution < 1.29 is 32.6 Å². The van der Waals surface area contributed by atoms with Crippen LogP contribution in [0.25, 0.3) is 11.1 Å². The van der Waals surface area contributed by atoms with Gasteiger partial charge in [0.2, 0.25) is 6.61 Å². The molecule has 3 aromatic carbocycles. The number of hydrogen-bond acceptors (Lipinski definition) is 4. The topological polar surface area (TPSA) is 68.1 Å². The van der Waals surface area contributed by atoms with Gasteiger partial charge >= 0.3 is 12.1 Å². The molecule has 160 valence electrons. The minimum atomic E-state index is -4.40. The molecule has 0 amide bonds. The second kappa shape index (κ2) is 9.80. The Balaban J connectivity index is 1.68. The van der Waals surface area contributed by atoms with Crippen LogP contribution in [-0.4, -0.2) is 23.9 Å². The number of hydrogen-bond donors (Lipinski definition) is 1. The average molecular weight is 429 g/mol. The third-order valence-electron chi connectivity index (χ3n) is 4.24. The van der Waals surface area contributed by atoms with Crippen LogP contribution in [0.3, 0.4) is 0 Å². The van der Waals surface area contributed by atoms with Gasteiger partial charge in [0.05, 0.1) is 11.8 Å². The number of benzene rings is 3. The zero-order chi connectivity index (χ0) is 22.3. The largest absolute Gasteiger partial charge is 0.489 e. The van der Waals surface area contributed by atoms with Crippen molar-refractivity contribution in [1.29, 1.82) is 0 Å². The molecule has 3 rings (SSSR count). The lowest BCUT2D eigenvalue weighted by atomic mass is 10.0. The van der Waals surface area contributed by atoms with E-state index in [1.54, 1.807) is 24.3 Å². The van der Waals surface area contributed by atoms with E-state index in [4.69, 9.17) is 14.7 Å². The van der Waals surface area contributed by atoms with Crippen LogP contribution in [0.5, 0.6) is 5.75 Å². The van der Waals surface area contributed by atoms with Gasteiger partial charge in [0, 0.05) is 5.56 Å². The summed E-state index contributed by atoms with van der Waals surface area (Å²) < 4.78 is 44.1. The molecule has 0 spiro atoms. The van der Waals surface area contributed by atoms with Gasteiger partial charge in [-0.25, -0.2) is 4.79 Å². The van der Waals surface area contributed by atoms with E-state index in [9.17, 15) is 18.0 Å². The first kappa shape index (κ1) is 21.9. The fraction of sp³-hybridized carbons (Fsp3) is 0.130. The van der Waals surface area contributed by atoms with E-state index in [-0.39, 0.29) is 6.61 Å². The number of oxime groups is 1. The maximum atomic E-state index is 12.8. The van der Waals surface area contributed by atoms with Crippen molar-refractivity contribution in [3.05, 3.63) is 89.5 Å². The monoisotopic (exact) mass is 429 g/mol. The zero-order valence-corrected chi connectivity index (χ0v) is 16.2. The maximum Gasteiger partial charge on any atom is 0.416 e.